The van der Waals surface area contributed by atoms with E-state index in [9.17, 15) is 18.0 Å². The first kappa shape index (κ1) is 36.1. The van der Waals surface area contributed by atoms with Gasteiger partial charge in [0.05, 0.1) is 31.4 Å². The second kappa shape index (κ2) is 16.9. The van der Waals surface area contributed by atoms with Crippen LogP contribution in [0.1, 0.15) is 25.0 Å². The largest absolute Gasteiger partial charge is 0.494 e. The molecule has 4 rings (SSSR count). The number of hydrogen-bond acceptors (Lipinski definition) is 7. The first-order valence-corrected chi connectivity index (χ1v) is 17.3. The van der Waals surface area contributed by atoms with Crippen LogP contribution in [0.5, 0.6) is 17.2 Å². The maximum absolute atomic E-state index is 14.6. The molecule has 48 heavy (non-hydrogen) atoms. The minimum absolute atomic E-state index is 0.00154. The molecule has 0 spiro atoms. The molecule has 0 radical (unpaired) electrons. The first-order valence-electron chi connectivity index (χ1n) is 15.4. The van der Waals surface area contributed by atoms with Gasteiger partial charge < -0.3 is 24.4 Å². The fourth-order valence-corrected chi connectivity index (χ4v) is 6.83. The SMILES string of the molecule is CCNC(=O)[C@H](Cc1ccccc1)N(Cc1cccc(Cl)c1)C(=O)CN(c1ccc(OCC)cc1)S(=O)(=O)c1ccc(OC)c(OC)c1. The first-order chi connectivity index (χ1) is 23.1. The Morgan fingerprint density at radius 2 is 1.52 bits per heavy atom. The number of nitrogens with zero attached hydrogens (tertiary/aromatic N) is 2. The summed E-state index contributed by atoms with van der Waals surface area (Å²) in [6.07, 6.45) is 0.199. The lowest BCUT2D eigenvalue weighted by atomic mass is 10.0. The average molecular weight is 694 g/mol. The fourth-order valence-electron chi connectivity index (χ4n) is 5.19. The van der Waals surface area contributed by atoms with Gasteiger partial charge in [0.25, 0.3) is 10.0 Å². The van der Waals surface area contributed by atoms with E-state index in [0.29, 0.717) is 35.2 Å². The highest BCUT2D eigenvalue weighted by atomic mass is 35.5. The van der Waals surface area contributed by atoms with Gasteiger partial charge in [0, 0.05) is 30.6 Å². The summed E-state index contributed by atoms with van der Waals surface area (Å²) in [5.41, 5.74) is 1.73. The molecule has 0 saturated heterocycles. The van der Waals surface area contributed by atoms with Gasteiger partial charge >= 0.3 is 0 Å². The normalized spacial score (nSPS) is 11.7. The molecule has 2 amide bonds. The number of carbonyl (C=O) groups excluding carboxylic acids is 2. The van der Waals surface area contributed by atoms with Crippen molar-refractivity contribution >= 4 is 39.1 Å². The van der Waals surface area contributed by atoms with Crippen LogP contribution in [0.4, 0.5) is 5.69 Å². The number of carbonyl (C=O) groups is 2. The van der Waals surface area contributed by atoms with Crippen LogP contribution >= 0.6 is 11.6 Å². The Hall–Kier alpha value is -4.74. The van der Waals surface area contributed by atoms with Crippen molar-refractivity contribution in [3.05, 3.63) is 113 Å². The Bertz CT molecular complexity index is 1790. The summed E-state index contributed by atoms with van der Waals surface area (Å²) in [4.78, 5) is 29.5. The number of sulfonamides is 1. The number of methoxy groups -OCH3 is 2. The van der Waals surface area contributed by atoms with Crippen LogP contribution in [0.3, 0.4) is 0 Å². The molecule has 254 valence electrons. The lowest BCUT2D eigenvalue weighted by Gasteiger charge is -2.34. The van der Waals surface area contributed by atoms with E-state index in [2.05, 4.69) is 5.32 Å². The van der Waals surface area contributed by atoms with Crippen molar-refractivity contribution in [2.24, 2.45) is 0 Å². The van der Waals surface area contributed by atoms with Crippen LogP contribution in [0, 0.1) is 0 Å². The Kier molecular flexibility index (Phi) is 12.7. The molecule has 0 unspecified atom stereocenters. The summed E-state index contributed by atoms with van der Waals surface area (Å²) in [5, 5.41) is 3.31. The van der Waals surface area contributed by atoms with Gasteiger partial charge in [0.2, 0.25) is 11.8 Å². The van der Waals surface area contributed by atoms with Gasteiger partial charge in [0.15, 0.2) is 11.5 Å². The molecular formula is C36H40ClN3O7S. The van der Waals surface area contributed by atoms with Crippen LogP contribution in [-0.2, 0) is 32.6 Å². The number of rotatable bonds is 16. The molecule has 0 saturated carbocycles. The summed E-state index contributed by atoms with van der Waals surface area (Å²) >= 11 is 6.30. The number of benzene rings is 4. The maximum atomic E-state index is 14.6. The molecule has 0 aliphatic rings. The molecule has 12 heteroatoms. The highest BCUT2D eigenvalue weighted by Gasteiger charge is 2.35. The third kappa shape index (κ3) is 8.99. The Balaban J connectivity index is 1.82. The highest BCUT2D eigenvalue weighted by molar-refractivity contribution is 7.92. The van der Waals surface area contributed by atoms with E-state index in [1.807, 2.05) is 37.3 Å². The van der Waals surface area contributed by atoms with Gasteiger partial charge in [-0.1, -0.05) is 54.1 Å². The molecule has 0 aliphatic heterocycles. The van der Waals surface area contributed by atoms with Gasteiger partial charge in [-0.15, -0.1) is 0 Å². The smallest absolute Gasteiger partial charge is 0.264 e. The number of halogens is 1. The molecule has 0 aliphatic carbocycles. The number of ether oxygens (including phenoxy) is 3. The molecular weight excluding hydrogens is 654 g/mol. The van der Waals surface area contributed by atoms with E-state index < -0.39 is 28.5 Å². The van der Waals surface area contributed by atoms with Crippen molar-refractivity contribution in [1.29, 1.82) is 0 Å². The summed E-state index contributed by atoms with van der Waals surface area (Å²) < 4.78 is 46.1. The molecule has 10 nitrogen and oxygen atoms in total. The highest BCUT2D eigenvalue weighted by Crippen LogP contribution is 2.33. The molecule has 0 aromatic heterocycles. The van der Waals surface area contributed by atoms with E-state index in [0.717, 1.165) is 9.87 Å². The molecule has 0 fully saturated rings. The molecule has 0 heterocycles. The van der Waals surface area contributed by atoms with E-state index in [1.165, 1.54) is 37.3 Å². The van der Waals surface area contributed by atoms with Crippen molar-refractivity contribution in [2.45, 2.75) is 37.8 Å². The van der Waals surface area contributed by atoms with Gasteiger partial charge in [-0.05, 0) is 73.5 Å². The zero-order valence-electron chi connectivity index (χ0n) is 27.4. The van der Waals surface area contributed by atoms with Gasteiger partial charge in [-0.2, -0.15) is 0 Å². The standard InChI is InChI=1S/C36H40ClN3O7S/c1-5-38-36(42)32(22-26-11-8-7-9-12-26)39(24-27-13-10-14-28(37)21-27)35(41)25-40(29-15-17-30(18-16-29)47-6-2)48(43,44)31-19-20-33(45-3)34(23-31)46-4/h7-21,23,32H,5-6,22,24-25H2,1-4H3,(H,38,42)/t32-/m0/s1. The second-order valence-electron chi connectivity index (χ2n) is 10.7. The predicted octanol–water partition coefficient (Wildman–Crippen LogP) is 5.73. The van der Waals surface area contributed by atoms with Crippen molar-refractivity contribution in [3.63, 3.8) is 0 Å². The maximum Gasteiger partial charge on any atom is 0.264 e. The zero-order valence-corrected chi connectivity index (χ0v) is 29.0. The molecule has 1 atom stereocenters. The summed E-state index contributed by atoms with van der Waals surface area (Å²) in [5.74, 6) is 0.127. The van der Waals surface area contributed by atoms with Crippen molar-refractivity contribution in [2.75, 3.05) is 38.2 Å². The summed E-state index contributed by atoms with van der Waals surface area (Å²) in [7, 11) is -1.52. The summed E-state index contributed by atoms with van der Waals surface area (Å²) in [6.45, 7) is 3.79. The van der Waals surface area contributed by atoms with Crippen LogP contribution in [0.15, 0.2) is 102 Å². The third-order valence-electron chi connectivity index (χ3n) is 7.52. The van der Waals surface area contributed by atoms with Gasteiger partial charge in [0.1, 0.15) is 18.3 Å². The number of anilines is 1. The van der Waals surface area contributed by atoms with Crippen molar-refractivity contribution in [3.8, 4) is 17.2 Å². The van der Waals surface area contributed by atoms with Crippen LogP contribution in [0.2, 0.25) is 5.02 Å². The van der Waals surface area contributed by atoms with Crippen LogP contribution < -0.4 is 23.8 Å². The number of nitrogens with one attached hydrogen (secondary N) is 1. The number of amides is 2. The van der Waals surface area contributed by atoms with Gasteiger partial charge in [-0.3, -0.25) is 13.9 Å². The minimum Gasteiger partial charge on any atom is -0.494 e. The Morgan fingerprint density at radius 3 is 2.15 bits per heavy atom. The zero-order chi connectivity index (χ0) is 34.7. The molecule has 0 bridgehead atoms. The predicted molar refractivity (Wildman–Crippen MR) is 186 cm³/mol. The fraction of sp³-hybridized carbons (Fsp3) is 0.278. The van der Waals surface area contributed by atoms with Crippen molar-refractivity contribution in [1.82, 2.24) is 10.2 Å². The Morgan fingerprint density at radius 1 is 0.833 bits per heavy atom. The van der Waals surface area contributed by atoms with E-state index in [4.69, 9.17) is 25.8 Å². The minimum atomic E-state index is -4.37. The lowest BCUT2D eigenvalue weighted by molar-refractivity contribution is -0.140. The molecule has 4 aromatic carbocycles. The monoisotopic (exact) mass is 693 g/mol. The second-order valence-corrected chi connectivity index (χ2v) is 13.0. The number of likely N-dealkylation sites (N-methyl/N-ethyl adjacent to an activating group) is 1. The quantitative estimate of drug-likeness (QED) is 0.160. The number of hydrogen-bond donors (Lipinski definition) is 1. The van der Waals surface area contributed by atoms with Crippen LogP contribution in [-0.4, -0.2) is 65.1 Å². The average Bonchev–Trinajstić information content (AvgIpc) is 3.09. The Labute approximate surface area is 287 Å². The van der Waals surface area contributed by atoms with Gasteiger partial charge in [-0.25, -0.2) is 8.42 Å². The van der Waals surface area contributed by atoms with E-state index >= 15 is 0 Å². The van der Waals surface area contributed by atoms with E-state index in [-0.39, 0.29) is 35.2 Å². The molecule has 4 aromatic rings. The topological polar surface area (TPSA) is 114 Å². The van der Waals surface area contributed by atoms with E-state index in [1.54, 1.807) is 55.5 Å². The summed E-state index contributed by atoms with van der Waals surface area (Å²) in [6, 6.07) is 26.0. The van der Waals surface area contributed by atoms with Crippen LogP contribution in [0.25, 0.3) is 0 Å². The lowest BCUT2D eigenvalue weighted by Crippen LogP contribution is -2.53. The molecule has 1 N–H and O–H groups in total. The third-order valence-corrected chi connectivity index (χ3v) is 9.53. The van der Waals surface area contributed by atoms with Crippen molar-refractivity contribution < 1.29 is 32.2 Å².